The maximum atomic E-state index is 14.1. The van der Waals surface area contributed by atoms with Crippen LogP contribution in [0.1, 0.15) is 45.5 Å². The summed E-state index contributed by atoms with van der Waals surface area (Å²) in [5.74, 6) is -2.53. The van der Waals surface area contributed by atoms with Crippen LogP contribution in [0.5, 0.6) is 0 Å². The number of carboxylic acids is 1. The van der Waals surface area contributed by atoms with Gasteiger partial charge in [-0.15, -0.1) is 0 Å². The summed E-state index contributed by atoms with van der Waals surface area (Å²) >= 11 is 0. The van der Waals surface area contributed by atoms with Crippen molar-refractivity contribution in [1.29, 1.82) is 0 Å². The molecular weight excluding hydrogens is 395 g/mol. The normalized spacial score (nSPS) is 16.4. The molecule has 1 aromatic carbocycles. The molecule has 1 aliphatic heterocycles. The zero-order chi connectivity index (χ0) is 21.3. The molecule has 1 fully saturated rings. The Labute approximate surface area is 169 Å². The SMILES string of the molecule is O=C(O)c1ncoc1C1CCCN(C(=O)c2nn(-c3ccccc3F)ccc2=O)C1. The average molecular weight is 412 g/mol. The Morgan fingerprint density at radius 1 is 1.20 bits per heavy atom. The number of nitrogens with zero attached hydrogens (tertiary/aromatic N) is 4. The highest BCUT2D eigenvalue weighted by Gasteiger charge is 2.32. The van der Waals surface area contributed by atoms with E-state index in [9.17, 15) is 23.9 Å². The first-order valence-corrected chi connectivity index (χ1v) is 9.26. The Morgan fingerprint density at radius 2 is 2.00 bits per heavy atom. The van der Waals surface area contributed by atoms with E-state index in [2.05, 4.69) is 10.1 Å². The van der Waals surface area contributed by atoms with Crippen LogP contribution in [0.3, 0.4) is 0 Å². The highest BCUT2D eigenvalue weighted by molar-refractivity contribution is 5.92. The number of carboxylic acid groups (broad SMARTS) is 1. The first-order chi connectivity index (χ1) is 14.5. The smallest absolute Gasteiger partial charge is 0.358 e. The number of hydrogen-bond acceptors (Lipinski definition) is 6. The molecule has 154 valence electrons. The van der Waals surface area contributed by atoms with Gasteiger partial charge in [-0.3, -0.25) is 9.59 Å². The van der Waals surface area contributed by atoms with E-state index in [0.717, 1.165) is 17.1 Å². The van der Waals surface area contributed by atoms with Crippen LogP contribution in [0, 0.1) is 5.82 Å². The van der Waals surface area contributed by atoms with Gasteiger partial charge in [0.1, 0.15) is 17.3 Å². The summed E-state index contributed by atoms with van der Waals surface area (Å²) in [5.41, 5.74) is -0.997. The number of aromatic carboxylic acids is 1. The van der Waals surface area contributed by atoms with Gasteiger partial charge in [0.05, 0.1) is 0 Å². The lowest BCUT2D eigenvalue weighted by Gasteiger charge is -2.31. The van der Waals surface area contributed by atoms with Crippen molar-refractivity contribution in [3.8, 4) is 5.69 Å². The van der Waals surface area contributed by atoms with Crippen molar-refractivity contribution in [2.24, 2.45) is 0 Å². The highest BCUT2D eigenvalue weighted by atomic mass is 19.1. The maximum Gasteiger partial charge on any atom is 0.358 e. The second kappa shape index (κ2) is 7.90. The van der Waals surface area contributed by atoms with Gasteiger partial charge in [0.25, 0.3) is 5.91 Å². The number of rotatable bonds is 4. The zero-order valence-electron chi connectivity index (χ0n) is 15.7. The van der Waals surface area contributed by atoms with Crippen LogP contribution < -0.4 is 5.43 Å². The predicted molar refractivity (Wildman–Crippen MR) is 101 cm³/mol. The third-order valence-corrected chi connectivity index (χ3v) is 4.99. The van der Waals surface area contributed by atoms with Gasteiger partial charge in [-0.25, -0.2) is 18.9 Å². The molecular formula is C20H17FN4O5. The number of oxazole rings is 1. The van der Waals surface area contributed by atoms with Crippen LogP contribution in [0.2, 0.25) is 0 Å². The number of carbonyl (C=O) groups excluding carboxylic acids is 1. The third-order valence-electron chi connectivity index (χ3n) is 4.99. The Morgan fingerprint density at radius 3 is 2.77 bits per heavy atom. The van der Waals surface area contributed by atoms with Gasteiger partial charge in [0.15, 0.2) is 17.8 Å². The molecule has 0 saturated carbocycles. The summed E-state index contributed by atoms with van der Waals surface area (Å²) in [7, 11) is 0. The number of likely N-dealkylation sites (tertiary alicyclic amines) is 1. The average Bonchev–Trinajstić information content (AvgIpc) is 3.25. The molecule has 1 aliphatic rings. The Hall–Kier alpha value is -3.82. The largest absolute Gasteiger partial charge is 0.476 e. The van der Waals surface area contributed by atoms with Crippen LogP contribution in [-0.2, 0) is 0 Å². The van der Waals surface area contributed by atoms with E-state index in [1.165, 1.54) is 29.3 Å². The molecule has 0 spiro atoms. The third kappa shape index (κ3) is 3.59. The zero-order valence-corrected chi connectivity index (χ0v) is 15.7. The van der Waals surface area contributed by atoms with Crippen molar-refractivity contribution < 1.29 is 23.5 Å². The molecule has 1 N–H and O–H groups in total. The molecule has 2 aromatic heterocycles. The lowest BCUT2D eigenvalue weighted by atomic mass is 9.94. The van der Waals surface area contributed by atoms with Crippen LogP contribution in [0.4, 0.5) is 4.39 Å². The van der Waals surface area contributed by atoms with E-state index >= 15 is 0 Å². The van der Waals surface area contributed by atoms with Gasteiger partial charge in [-0.05, 0) is 25.0 Å². The van der Waals surface area contributed by atoms with Crippen molar-refractivity contribution in [1.82, 2.24) is 19.7 Å². The van der Waals surface area contributed by atoms with Crippen LogP contribution >= 0.6 is 0 Å². The molecule has 0 aliphatic carbocycles. The minimum Gasteiger partial charge on any atom is -0.476 e. The highest BCUT2D eigenvalue weighted by Crippen LogP contribution is 2.29. The van der Waals surface area contributed by atoms with Crippen LogP contribution in [-0.4, -0.2) is 49.7 Å². The minimum absolute atomic E-state index is 0.107. The Kier molecular flexibility index (Phi) is 5.13. The van der Waals surface area contributed by atoms with E-state index < -0.39 is 23.1 Å². The second-order valence-electron chi connectivity index (χ2n) is 6.89. The molecule has 0 bridgehead atoms. The molecule has 9 nitrogen and oxygen atoms in total. The van der Waals surface area contributed by atoms with Crippen molar-refractivity contribution in [2.45, 2.75) is 18.8 Å². The number of para-hydroxylation sites is 1. The fourth-order valence-electron chi connectivity index (χ4n) is 3.56. The van der Waals surface area contributed by atoms with Crippen LogP contribution in [0.25, 0.3) is 5.69 Å². The molecule has 30 heavy (non-hydrogen) atoms. The molecule has 1 saturated heterocycles. The summed E-state index contributed by atoms with van der Waals surface area (Å²) in [6.45, 7) is 0.533. The molecule has 0 radical (unpaired) electrons. The number of hydrogen-bond donors (Lipinski definition) is 1. The van der Waals surface area contributed by atoms with Gasteiger partial charge >= 0.3 is 5.97 Å². The summed E-state index contributed by atoms with van der Waals surface area (Å²) in [5, 5.41) is 13.3. The second-order valence-corrected chi connectivity index (χ2v) is 6.89. The van der Waals surface area contributed by atoms with E-state index in [4.69, 9.17) is 4.42 Å². The molecule has 1 amide bonds. The standard InChI is InChI=1S/C20H17FN4O5/c21-13-5-1-2-6-14(13)25-9-7-15(26)16(23-25)19(27)24-8-3-4-12(10-24)18-17(20(28)29)22-11-30-18/h1-2,5-7,9,11-12H,3-4,8,10H2,(H,28,29). The Bertz CT molecular complexity index is 1170. The van der Waals surface area contributed by atoms with Gasteiger partial charge in [-0.2, -0.15) is 5.10 Å². The molecule has 1 unspecified atom stereocenters. The van der Waals surface area contributed by atoms with Gasteiger partial charge in [0, 0.05) is 31.3 Å². The van der Waals surface area contributed by atoms with E-state index in [0.29, 0.717) is 19.4 Å². The van der Waals surface area contributed by atoms with Crippen molar-refractivity contribution in [3.05, 3.63) is 76.1 Å². The minimum atomic E-state index is -1.21. The Balaban J connectivity index is 1.62. The van der Waals surface area contributed by atoms with E-state index in [1.54, 1.807) is 6.07 Å². The number of piperidine rings is 1. The van der Waals surface area contributed by atoms with Gasteiger partial charge < -0.3 is 14.4 Å². The monoisotopic (exact) mass is 412 g/mol. The first-order valence-electron chi connectivity index (χ1n) is 9.26. The number of benzene rings is 1. The van der Waals surface area contributed by atoms with E-state index in [1.807, 2.05) is 0 Å². The summed E-state index contributed by atoms with van der Waals surface area (Å²) in [4.78, 5) is 41.8. The number of halogens is 1. The lowest BCUT2D eigenvalue weighted by Crippen LogP contribution is -2.42. The first kappa shape index (κ1) is 19.5. The topological polar surface area (TPSA) is 119 Å². The number of amides is 1. The number of carbonyl (C=O) groups is 2. The lowest BCUT2D eigenvalue weighted by molar-refractivity contribution is 0.0678. The fourth-order valence-corrected chi connectivity index (χ4v) is 3.56. The fraction of sp³-hybridized carbons (Fsp3) is 0.250. The van der Waals surface area contributed by atoms with Crippen molar-refractivity contribution >= 4 is 11.9 Å². The van der Waals surface area contributed by atoms with Crippen LogP contribution in [0.15, 0.2) is 52.1 Å². The molecule has 1 atom stereocenters. The maximum absolute atomic E-state index is 14.1. The number of aromatic nitrogens is 3. The molecule has 4 rings (SSSR count). The molecule has 3 aromatic rings. The van der Waals surface area contributed by atoms with E-state index in [-0.39, 0.29) is 35.3 Å². The summed E-state index contributed by atoms with van der Waals surface area (Å²) in [6, 6.07) is 7.04. The molecule has 3 heterocycles. The van der Waals surface area contributed by atoms with Crippen molar-refractivity contribution in [2.75, 3.05) is 13.1 Å². The van der Waals surface area contributed by atoms with Crippen molar-refractivity contribution in [3.63, 3.8) is 0 Å². The quantitative estimate of drug-likeness (QED) is 0.697. The summed E-state index contributed by atoms with van der Waals surface area (Å²) < 4.78 is 20.5. The predicted octanol–water partition coefficient (Wildman–Crippen LogP) is 2.08. The molecule has 10 heteroatoms. The van der Waals surface area contributed by atoms with Gasteiger partial charge in [-0.1, -0.05) is 12.1 Å². The summed E-state index contributed by atoms with van der Waals surface area (Å²) in [6.07, 6.45) is 3.56. The van der Waals surface area contributed by atoms with Gasteiger partial charge in [0.2, 0.25) is 5.43 Å².